The van der Waals surface area contributed by atoms with E-state index >= 15 is 0 Å². The van der Waals surface area contributed by atoms with Gasteiger partial charge in [-0.2, -0.15) is 5.10 Å². The van der Waals surface area contributed by atoms with Crippen molar-refractivity contribution >= 4 is 16.8 Å². The minimum atomic E-state index is -0.246. The van der Waals surface area contributed by atoms with Gasteiger partial charge < -0.3 is 14.2 Å². The summed E-state index contributed by atoms with van der Waals surface area (Å²) in [7, 11) is 1.87. The maximum atomic E-state index is 12.7. The fourth-order valence-electron chi connectivity index (χ4n) is 3.00. The lowest BCUT2D eigenvalue weighted by Crippen LogP contribution is -2.44. The summed E-state index contributed by atoms with van der Waals surface area (Å²) < 4.78 is 9.31. The molecule has 0 saturated carbocycles. The van der Waals surface area contributed by atoms with Crippen molar-refractivity contribution in [3.8, 4) is 0 Å². The molecule has 1 fully saturated rings. The van der Waals surface area contributed by atoms with E-state index in [0.29, 0.717) is 19.7 Å². The molecule has 1 amide bonds. The van der Waals surface area contributed by atoms with Gasteiger partial charge in [0.25, 0.3) is 0 Å². The lowest BCUT2D eigenvalue weighted by molar-refractivity contribution is -0.140. The van der Waals surface area contributed by atoms with Crippen LogP contribution < -0.4 is 0 Å². The number of morpholine rings is 1. The van der Waals surface area contributed by atoms with Gasteiger partial charge >= 0.3 is 0 Å². The van der Waals surface area contributed by atoms with Gasteiger partial charge in [-0.05, 0) is 6.07 Å². The van der Waals surface area contributed by atoms with Crippen molar-refractivity contribution in [2.45, 2.75) is 12.6 Å². The fraction of sp³-hybridized carbons (Fsp3) is 0.375. The number of rotatable bonds is 3. The zero-order valence-corrected chi connectivity index (χ0v) is 13.4. The Hall–Kier alpha value is -2.74. The summed E-state index contributed by atoms with van der Waals surface area (Å²) >= 11 is 0. The molecule has 8 nitrogen and oxygen atoms in total. The zero-order chi connectivity index (χ0) is 16.5. The number of carbonyl (C=O) groups excluding carboxylic acids is 1. The van der Waals surface area contributed by atoms with Crippen molar-refractivity contribution in [3.63, 3.8) is 0 Å². The first-order valence-electron chi connectivity index (χ1n) is 7.86. The summed E-state index contributed by atoms with van der Waals surface area (Å²) in [5.41, 5.74) is 0.962. The van der Waals surface area contributed by atoms with E-state index in [0.717, 1.165) is 16.7 Å². The number of amides is 1. The molecule has 24 heavy (non-hydrogen) atoms. The second-order valence-electron chi connectivity index (χ2n) is 5.86. The van der Waals surface area contributed by atoms with Gasteiger partial charge in [-0.1, -0.05) is 18.2 Å². The highest BCUT2D eigenvalue weighted by atomic mass is 16.5. The number of carbonyl (C=O) groups is 1. The van der Waals surface area contributed by atoms with Crippen LogP contribution in [0.4, 0.5) is 0 Å². The summed E-state index contributed by atoms with van der Waals surface area (Å²) in [6, 6.07) is 7.87. The van der Waals surface area contributed by atoms with Crippen molar-refractivity contribution in [2.75, 3.05) is 19.7 Å². The predicted molar refractivity (Wildman–Crippen MR) is 86.0 cm³/mol. The predicted octanol–water partition coefficient (Wildman–Crippen LogP) is 0.765. The molecule has 2 aromatic heterocycles. The third kappa shape index (κ3) is 2.65. The van der Waals surface area contributed by atoms with Crippen LogP contribution in [0, 0.1) is 0 Å². The summed E-state index contributed by atoms with van der Waals surface area (Å²) in [5.74, 6) is 0.761. The molecule has 0 spiro atoms. The van der Waals surface area contributed by atoms with Gasteiger partial charge in [0, 0.05) is 19.0 Å². The lowest BCUT2D eigenvalue weighted by Gasteiger charge is -2.32. The smallest absolute Gasteiger partial charge is 0.244 e. The van der Waals surface area contributed by atoms with Crippen molar-refractivity contribution in [2.24, 2.45) is 7.05 Å². The van der Waals surface area contributed by atoms with E-state index in [-0.39, 0.29) is 18.6 Å². The van der Waals surface area contributed by atoms with Crippen molar-refractivity contribution < 1.29 is 9.53 Å². The summed E-state index contributed by atoms with van der Waals surface area (Å²) in [6.07, 6.45) is 3.17. The van der Waals surface area contributed by atoms with Gasteiger partial charge in [-0.25, -0.2) is 0 Å². The Balaban J connectivity index is 1.49. The van der Waals surface area contributed by atoms with Crippen LogP contribution in [0.2, 0.25) is 0 Å². The fourth-order valence-corrected chi connectivity index (χ4v) is 3.00. The van der Waals surface area contributed by atoms with Crippen LogP contribution in [0.1, 0.15) is 11.9 Å². The van der Waals surface area contributed by atoms with Crippen LogP contribution >= 0.6 is 0 Å². The highest BCUT2D eigenvalue weighted by Crippen LogP contribution is 2.20. The monoisotopic (exact) mass is 326 g/mol. The number of fused-ring (bicyclic) bond motifs is 1. The Morgan fingerprint density at radius 3 is 3.08 bits per heavy atom. The molecule has 3 aromatic rings. The maximum Gasteiger partial charge on any atom is 0.244 e. The minimum absolute atomic E-state index is 0.0271. The van der Waals surface area contributed by atoms with Gasteiger partial charge in [0.05, 0.1) is 24.9 Å². The van der Waals surface area contributed by atoms with Crippen molar-refractivity contribution in [1.82, 2.24) is 29.4 Å². The standard InChI is InChI=1S/C16H18N6O2/c1-20-11-17-19-16(20)14-9-21(6-7-24-14)15(23)10-22-13-5-3-2-4-12(13)8-18-22/h2-5,8,11,14H,6-7,9-10H2,1H3/t14-/m1/s1. The second-order valence-corrected chi connectivity index (χ2v) is 5.86. The molecule has 0 N–H and O–H groups in total. The Labute approximate surface area is 138 Å². The topological polar surface area (TPSA) is 78.1 Å². The van der Waals surface area contributed by atoms with Crippen LogP contribution in [0.5, 0.6) is 0 Å². The number of para-hydroxylation sites is 1. The van der Waals surface area contributed by atoms with E-state index in [2.05, 4.69) is 15.3 Å². The minimum Gasteiger partial charge on any atom is -0.366 e. The van der Waals surface area contributed by atoms with E-state index in [1.807, 2.05) is 35.9 Å². The molecule has 0 unspecified atom stereocenters. The van der Waals surface area contributed by atoms with Crippen molar-refractivity contribution in [1.29, 1.82) is 0 Å². The molecule has 1 aromatic carbocycles. The Kier molecular flexibility index (Phi) is 3.73. The Bertz CT molecular complexity index is 870. The van der Waals surface area contributed by atoms with E-state index < -0.39 is 0 Å². The molecule has 0 radical (unpaired) electrons. The number of hydrogen-bond donors (Lipinski definition) is 0. The molecule has 1 aliphatic heterocycles. The normalized spacial score (nSPS) is 18.2. The van der Waals surface area contributed by atoms with Gasteiger partial charge in [0.1, 0.15) is 19.0 Å². The molecule has 1 atom stereocenters. The van der Waals surface area contributed by atoms with E-state index in [4.69, 9.17) is 4.74 Å². The molecule has 8 heteroatoms. The molecule has 3 heterocycles. The number of hydrogen-bond acceptors (Lipinski definition) is 5. The summed E-state index contributed by atoms with van der Waals surface area (Å²) in [6.45, 7) is 1.76. The Morgan fingerprint density at radius 1 is 1.38 bits per heavy atom. The van der Waals surface area contributed by atoms with Gasteiger partial charge in [0.2, 0.25) is 5.91 Å². The number of aryl methyl sites for hydroxylation is 1. The SMILES string of the molecule is Cn1cnnc1[C@H]1CN(C(=O)Cn2ncc3ccccc32)CCO1. The molecular weight excluding hydrogens is 308 g/mol. The third-order valence-corrected chi connectivity index (χ3v) is 4.29. The van der Waals surface area contributed by atoms with E-state index in [9.17, 15) is 4.79 Å². The molecule has 124 valence electrons. The van der Waals surface area contributed by atoms with Crippen LogP contribution in [0.25, 0.3) is 10.9 Å². The summed E-state index contributed by atoms with van der Waals surface area (Å²) in [5, 5.41) is 13.3. The van der Waals surface area contributed by atoms with Gasteiger partial charge in [-0.15, -0.1) is 10.2 Å². The molecule has 1 saturated heterocycles. The molecule has 4 rings (SSSR count). The highest BCUT2D eigenvalue weighted by Gasteiger charge is 2.28. The number of ether oxygens (including phenoxy) is 1. The van der Waals surface area contributed by atoms with Gasteiger partial charge in [-0.3, -0.25) is 9.48 Å². The first-order valence-corrected chi connectivity index (χ1v) is 7.86. The highest BCUT2D eigenvalue weighted by molar-refractivity contribution is 5.82. The molecular formula is C16H18N6O2. The average molecular weight is 326 g/mol. The quantitative estimate of drug-likeness (QED) is 0.710. The van der Waals surface area contributed by atoms with E-state index in [1.165, 1.54) is 0 Å². The first-order chi connectivity index (χ1) is 11.7. The maximum absolute atomic E-state index is 12.7. The molecule has 0 aliphatic carbocycles. The van der Waals surface area contributed by atoms with Gasteiger partial charge in [0.15, 0.2) is 5.82 Å². The largest absolute Gasteiger partial charge is 0.366 e. The Morgan fingerprint density at radius 2 is 2.25 bits per heavy atom. The number of nitrogens with zero attached hydrogens (tertiary/aromatic N) is 6. The number of benzene rings is 1. The van der Waals surface area contributed by atoms with Crippen molar-refractivity contribution in [3.05, 3.63) is 42.6 Å². The second kappa shape index (κ2) is 6.04. The van der Waals surface area contributed by atoms with Crippen LogP contribution in [0.15, 0.2) is 36.8 Å². The first kappa shape index (κ1) is 14.8. The van der Waals surface area contributed by atoms with Crippen LogP contribution in [-0.4, -0.2) is 55.0 Å². The van der Waals surface area contributed by atoms with Crippen LogP contribution in [0.3, 0.4) is 0 Å². The van der Waals surface area contributed by atoms with E-state index in [1.54, 1.807) is 22.1 Å². The third-order valence-electron chi connectivity index (χ3n) is 4.29. The van der Waals surface area contributed by atoms with Crippen LogP contribution in [-0.2, 0) is 23.1 Å². The zero-order valence-electron chi connectivity index (χ0n) is 13.4. The number of aromatic nitrogens is 5. The summed E-state index contributed by atoms with van der Waals surface area (Å²) in [4.78, 5) is 14.5. The lowest BCUT2D eigenvalue weighted by atomic mass is 10.2. The molecule has 1 aliphatic rings. The molecule has 0 bridgehead atoms. The average Bonchev–Trinajstić information content (AvgIpc) is 3.22.